The Morgan fingerprint density at radius 3 is 2.57 bits per heavy atom. The van der Waals surface area contributed by atoms with Gasteiger partial charge in [0.1, 0.15) is 11.5 Å². The first-order valence-electron chi connectivity index (χ1n) is 9.07. The molecule has 30 heavy (non-hydrogen) atoms. The van der Waals surface area contributed by atoms with Crippen LogP contribution < -0.4 is 10.5 Å². The lowest BCUT2D eigenvalue weighted by molar-refractivity contribution is -0.267. The average Bonchev–Trinajstić information content (AvgIpc) is 3.01. The molecule has 0 bridgehead atoms. The third-order valence-corrected chi connectivity index (χ3v) is 5.13. The molecule has 1 aliphatic heterocycles. The maximum Gasteiger partial charge on any atom is 0.420 e. The summed E-state index contributed by atoms with van der Waals surface area (Å²) in [4.78, 5) is 18.0. The summed E-state index contributed by atoms with van der Waals surface area (Å²) >= 11 is 0. The van der Waals surface area contributed by atoms with Crippen LogP contribution in [0.15, 0.2) is 39.9 Å². The topological polar surface area (TPSA) is 97.3 Å². The van der Waals surface area contributed by atoms with Crippen molar-refractivity contribution >= 4 is 5.69 Å². The van der Waals surface area contributed by atoms with E-state index in [9.17, 15) is 23.1 Å². The van der Waals surface area contributed by atoms with Crippen LogP contribution in [0.5, 0.6) is 0 Å². The SMILES string of the molecule is Cc1ccc(-c2noc(C)c2Cn2ncc(N3CC(O)(C(F)(F)F)C3)cc2=O)cn1. The molecule has 11 heteroatoms. The van der Waals surface area contributed by atoms with E-state index >= 15 is 0 Å². The number of halogens is 3. The molecule has 0 spiro atoms. The lowest BCUT2D eigenvalue weighted by atomic mass is 9.93. The third-order valence-electron chi connectivity index (χ3n) is 5.13. The minimum absolute atomic E-state index is 0.0736. The van der Waals surface area contributed by atoms with E-state index in [1.165, 1.54) is 21.8 Å². The number of hydrogen-bond donors (Lipinski definition) is 1. The molecule has 0 atom stereocenters. The summed E-state index contributed by atoms with van der Waals surface area (Å²) in [5.74, 6) is 0.515. The molecular weight excluding hydrogens is 403 g/mol. The Kier molecular flexibility index (Phi) is 4.64. The van der Waals surface area contributed by atoms with Crippen molar-refractivity contribution in [2.24, 2.45) is 0 Å². The molecule has 4 rings (SSSR count). The van der Waals surface area contributed by atoms with Crippen LogP contribution in [0.1, 0.15) is 17.0 Å². The van der Waals surface area contributed by atoms with Crippen LogP contribution in [0.25, 0.3) is 11.3 Å². The van der Waals surface area contributed by atoms with Crippen LogP contribution in [0.3, 0.4) is 0 Å². The average molecular weight is 421 g/mol. The summed E-state index contributed by atoms with van der Waals surface area (Å²) in [6.45, 7) is 2.36. The minimum Gasteiger partial charge on any atom is -0.378 e. The van der Waals surface area contributed by atoms with Crippen molar-refractivity contribution in [1.82, 2.24) is 19.9 Å². The van der Waals surface area contributed by atoms with E-state index in [0.717, 1.165) is 11.3 Å². The zero-order chi connectivity index (χ0) is 21.7. The molecule has 0 aliphatic carbocycles. The Hall–Kier alpha value is -3.21. The molecule has 158 valence electrons. The number of aliphatic hydroxyl groups is 1. The van der Waals surface area contributed by atoms with Crippen molar-refractivity contribution in [3.8, 4) is 11.3 Å². The Morgan fingerprint density at radius 1 is 1.23 bits per heavy atom. The van der Waals surface area contributed by atoms with Crippen molar-refractivity contribution in [2.45, 2.75) is 32.2 Å². The largest absolute Gasteiger partial charge is 0.420 e. The van der Waals surface area contributed by atoms with Crippen LogP contribution in [0, 0.1) is 13.8 Å². The minimum atomic E-state index is -4.72. The van der Waals surface area contributed by atoms with E-state index < -0.39 is 30.4 Å². The van der Waals surface area contributed by atoms with Gasteiger partial charge < -0.3 is 14.5 Å². The summed E-state index contributed by atoms with van der Waals surface area (Å²) in [5.41, 5.74) is -0.285. The number of aryl methyl sites for hydroxylation is 2. The summed E-state index contributed by atoms with van der Waals surface area (Å²) in [6, 6.07) is 4.87. The maximum atomic E-state index is 12.8. The molecule has 4 heterocycles. The van der Waals surface area contributed by atoms with Crippen LogP contribution in [-0.4, -0.2) is 49.9 Å². The van der Waals surface area contributed by atoms with Gasteiger partial charge in [-0.05, 0) is 26.0 Å². The van der Waals surface area contributed by atoms with Gasteiger partial charge in [0.25, 0.3) is 5.56 Å². The van der Waals surface area contributed by atoms with Crippen molar-refractivity contribution < 1.29 is 22.8 Å². The Labute approximate surface area is 168 Å². The van der Waals surface area contributed by atoms with E-state index in [1.54, 1.807) is 13.1 Å². The Morgan fingerprint density at radius 2 is 1.97 bits per heavy atom. The summed E-state index contributed by atoms with van der Waals surface area (Å²) < 4.78 is 44.8. The number of hydrogen-bond acceptors (Lipinski definition) is 7. The van der Waals surface area contributed by atoms with Gasteiger partial charge in [0, 0.05) is 29.1 Å². The first kappa shape index (κ1) is 20.1. The third kappa shape index (κ3) is 3.45. The molecule has 0 unspecified atom stereocenters. The molecule has 1 N–H and O–H groups in total. The Balaban J connectivity index is 1.56. The van der Waals surface area contributed by atoms with Crippen LogP contribution >= 0.6 is 0 Å². The number of aromatic nitrogens is 4. The first-order valence-corrected chi connectivity index (χ1v) is 9.07. The summed E-state index contributed by atoms with van der Waals surface area (Å²) in [7, 11) is 0. The highest BCUT2D eigenvalue weighted by atomic mass is 19.4. The van der Waals surface area contributed by atoms with Gasteiger partial charge in [0.05, 0.1) is 31.5 Å². The van der Waals surface area contributed by atoms with E-state index in [1.807, 2.05) is 19.1 Å². The van der Waals surface area contributed by atoms with Gasteiger partial charge in [0.15, 0.2) is 5.60 Å². The predicted octanol–water partition coefficient (Wildman–Crippen LogP) is 2.07. The lowest BCUT2D eigenvalue weighted by Gasteiger charge is -2.47. The standard InChI is InChI=1S/C19H18F3N5O3/c1-11-3-4-13(6-23-11)17-15(12(2)30-25-17)8-27-16(28)5-14(7-24-27)26-9-18(29,10-26)19(20,21)22/h3-7,29H,8-10H2,1-2H3. The second-order valence-electron chi connectivity index (χ2n) is 7.35. The van der Waals surface area contributed by atoms with E-state index in [-0.39, 0.29) is 12.2 Å². The first-order chi connectivity index (χ1) is 14.1. The van der Waals surface area contributed by atoms with Gasteiger partial charge in [-0.25, -0.2) is 4.68 Å². The molecule has 0 saturated carbocycles. The van der Waals surface area contributed by atoms with Crippen LogP contribution in [0.4, 0.5) is 18.9 Å². The maximum absolute atomic E-state index is 12.8. The number of anilines is 1. The van der Waals surface area contributed by atoms with Crippen molar-refractivity contribution in [2.75, 3.05) is 18.0 Å². The smallest absolute Gasteiger partial charge is 0.378 e. The molecule has 1 saturated heterocycles. The number of rotatable bonds is 4. The fourth-order valence-electron chi connectivity index (χ4n) is 3.22. The van der Waals surface area contributed by atoms with Gasteiger partial charge in [0.2, 0.25) is 0 Å². The summed E-state index contributed by atoms with van der Waals surface area (Å²) in [6.07, 6.45) is -1.77. The van der Waals surface area contributed by atoms with Gasteiger partial charge in [-0.3, -0.25) is 9.78 Å². The van der Waals surface area contributed by atoms with Crippen molar-refractivity contribution in [3.63, 3.8) is 0 Å². The van der Waals surface area contributed by atoms with Gasteiger partial charge >= 0.3 is 6.18 Å². The highest BCUT2D eigenvalue weighted by Crippen LogP contribution is 2.39. The van der Waals surface area contributed by atoms with Crippen molar-refractivity contribution in [3.05, 3.63) is 58.0 Å². The molecule has 0 amide bonds. The van der Waals surface area contributed by atoms with E-state index in [0.29, 0.717) is 17.0 Å². The highest BCUT2D eigenvalue weighted by Gasteiger charge is 2.61. The fraction of sp³-hybridized carbons (Fsp3) is 0.368. The van der Waals surface area contributed by atoms with Gasteiger partial charge in [-0.2, -0.15) is 18.3 Å². The monoisotopic (exact) mass is 421 g/mol. The van der Waals surface area contributed by atoms with Crippen LogP contribution in [-0.2, 0) is 6.54 Å². The zero-order valence-electron chi connectivity index (χ0n) is 16.1. The zero-order valence-corrected chi connectivity index (χ0v) is 16.1. The molecule has 3 aromatic rings. The Bertz CT molecular complexity index is 1130. The molecule has 0 radical (unpaired) electrons. The number of pyridine rings is 1. The lowest BCUT2D eigenvalue weighted by Crippen LogP contribution is -2.69. The quantitative estimate of drug-likeness (QED) is 0.689. The summed E-state index contributed by atoms with van der Waals surface area (Å²) in [5, 5.41) is 17.7. The molecule has 1 aliphatic rings. The molecule has 1 fully saturated rings. The fourth-order valence-corrected chi connectivity index (χ4v) is 3.22. The number of β-amino-alcohol motifs (C(OH)–C–C–N with tert-alkyl or cyclic N) is 1. The highest BCUT2D eigenvalue weighted by molar-refractivity contribution is 5.62. The molecular formula is C19H18F3N5O3. The normalized spacial score (nSPS) is 15.9. The van der Waals surface area contributed by atoms with Gasteiger partial charge in [-0.15, -0.1) is 0 Å². The number of alkyl halides is 3. The van der Waals surface area contributed by atoms with Crippen molar-refractivity contribution in [1.29, 1.82) is 0 Å². The van der Waals surface area contributed by atoms with E-state index in [2.05, 4.69) is 15.2 Å². The predicted molar refractivity (Wildman–Crippen MR) is 100 cm³/mol. The second-order valence-corrected chi connectivity index (χ2v) is 7.35. The second kappa shape index (κ2) is 6.94. The van der Waals surface area contributed by atoms with Gasteiger partial charge in [-0.1, -0.05) is 5.16 Å². The molecule has 0 aromatic carbocycles. The molecule has 8 nitrogen and oxygen atoms in total. The molecule has 3 aromatic heterocycles. The number of nitrogens with zero attached hydrogens (tertiary/aromatic N) is 5. The van der Waals surface area contributed by atoms with Crippen LogP contribution in [0.2, 0.25) is 0 Å². The van der Waals surface area contributed by atoms with E-state index in [4.69, 9.17) is 4.52 Å².